The molecule has 2 aliphatic carbocycles. The zero-order valence-electron chi connectivity index (χ0n) is 35.1. The summed E-state index contributed by atoms with van der Waals surface area (Å²) in [5, 5.41) is 24.5. The number of aryl methyl sites for hydroxylation is 2. The zero-order valence-corrected chi connectivity index (χ0v) is 35.1. The van der Waals surface area contributed by atoms with Gasteiger partial charge in [-0.25, -0.2) is 4.79 Å². The van der Waals surface area contributed by atoms with Crippen LogP contribution >= 0.6 is 0 Å². The third-order valence-corrected chi connectivity index (χ3v) is 12.0. The predicted molar refractivity (Wildman–Crippen MR) is 228 cm³/mol. The number of ether oxygens (including phenoxy) is 5. The molecule has 1 saturated carbocycles. The van der Waals surface area contributed by atoms with Crippen LogP contribution in [0.15, 0.2) is 96.2 Å². The van der Waals surface area contributed by atoms with Gasteiger partial charge in [0.15, 0.2) is 0 Å². The molecule has 1 fully saturated rings. The lowest BCUT2D eigenvalue weighted by Crippen LogP contribution is -2.69. The second-order valence-electron chi connectivity index (χ2n) is 15.8. The maximum atomic E-state index is 14.1. The van der Waals surface area contributed by atoms with Crippen molar-refractivity contribution < 1.29 is 43.5 Å². The molecule has 1 heterocycles. The Labute approximate surface area is 349 Å². The normalized spacial score (nSPS) is 23.7. The van der Waals surface area contributed by atoms with Crippen LogP contribution in [-0.4, -0.2) is 85.4 Å². The molecular formula is C48H62N2O9. The Morgan fingerprint density at radius 2 is 1.71 bits per heavy atom. The number of fused-ring (bicyclic) bond motifs is 2. The van der Waals surface area contributed by atoms with E-state index in [1.165, 1.54) is 5.56 Å². The van der Waals surface area contributed by atoms with Crippen molar-refractivity contribution in [1.29, 1.82) is 0 Å². The summed E-state index contributed by atoms with van der Waals surface area (Å²) in [6, 6.07) is 21.2. The minimum Gasteiger partial charge on any atom is -0.459 e. The molecule has 0 radical (unpaired) electrons. The molecule has 3 aliphatic rings. The molecule has 0 bridgehead atoms. The summed E-state index contributed by atoms with van der Waals surface area (Å²) in [4.78, 5) is 21.4. The van der Waals surface area contributed by atoms with E-state index in [0.717, 1.165) is 59.4 Å². The second kappa shape index (κ2) is 21.0. The third-order valence-electron chi connectivity index (χ3n) is 12.0. The first-order valence-electron chi connectivity index (χ1n) is 21.2. The number of carbonyl (C=O) groups excluding carboxylic acids is 1. The molecule has 0 aromatic heterocycles. The molecule has 2 N–H and O–H groups in total. The highest BCUT2D eigenvalue weighted by Gasteiger charge is 2.65. The number of hydrogen-bond acceptors (Lipinski definition) is 10. The summed E-state index contributed by atoms with van der Waals surface area (Å²) in [6.07, 6.45) is 8.50. The summed E-state index contributed by atoms with van der Waals surface area (Å²) < 4.78 is 32.4. The molecule has 6 atom stereocenters. The SMILES string of the molecule is C=CCO[C@@]12Oc3ccc(Oc4ccc(C)c(C)c4)cc3[C@H]3[C@H](CCCCO)[C@@H](CCCCO)C=C(C(=NOCC)C[C@@H]1N(C)C(=O)OCCOCc1ccccc1)[C@H]32. The van der Waals surface area contributed by atoms with Gasteiger partial charge in [-0.3, -0.25) is 0 Å². The fraction of sp³-hybridized carbons (Fsp3) is 0.500. The van der Waals surface area contributed by atoms with E-state index >= 15 is 0 Å². The molecule has 0 unspecified atom stereocenters. The number of oxime groups is 1. The molecule has 1 aliphatic heterocycles. The van der Waals surface area contributed by atoms with E-state index in [1.54, 1.807) is 18.0 Å². The number of unbranched alkanes of at least 4 members (excludes halogenated alkanes) is 2. The highest BCUT2D eigenvalue weighted by atomic mass is 16.7. The summed E-state index contributed by atoms with van der Waals surface area (Å²) in [6.45, 7) is 11.5. The van der Waals surface area contributed by atoms with E-state index < -0.39 is 23.8 Å². The van der Waals surface area contributed by atoms with E-state index in [1.807, 2.05) is 61.5 Å². The highest BCUT2D eigenvalue weighted by molar-refractivity contribution is 6.02. The van der Waals surface area contributed by atoms with Crippen LogP contribution < -0.4 is 9.47 Å². The van der Waals surface area contributed by atoms with Gasteiger partial charge in [-0.15, -0.1) is 6.58 Å². The minimum atomic E-state index is -1.37. The average molecular weight is 811 g/mol. The standard InChI is InChI=1S/C48H62N2O9/c1-6-25-56-48-44(50(5)47(53)55-27-26-54-32-35-15-9-8-10-16-35)31-42(49-57-7-2)40-29-36(17-11-13-23-51)39(18-12-14-24-52)45(46(40)48)41-30-38(21-22-43(41)59-48)58-37-20-19-33(3)34(4)28-37/h6,8-10,15-16,19-22,28-30,36,39,44-46,51-52H,1,7,11-14,17-18,23-27,31-32H2,2-5H3/t36-,39+,44-,45+,46+,48+/m0/s1. The average Bonchev–Trinajstić information content (AvgIpc) is 3.24. The van der Waals surface area contributed by atoms with Gasteiger partial charge in [0.25, 0.3) is 0 Å². The van der Waals surface area contributed by atoms with Gasteiger partial charge in [0.2, 0.25) is 5.79 Å². The van der Waals surface area contributed by atoms with E-state index in [9.17, 15) is 15.0 Å². The number of rotatable bonds is 21. The largest absolute Gasteiger partial charge is 0.459 e. The van der Waals surface area contributed by atoms with Crippen molar-refractivity contribution in [2.24, 2.45) is 22.9 Å². The van der Waals surface area contributed by atoms with Crippen molar-refractivity contribution in [3.8, 4) is 17.2 Å². The number of aliphatic hydroxyl groups is 2. The maximum Gasteiger partial charge on any atom is 0.410 e. The molecule has 1 amide bonds. The van der Waals surface area contributed by atoms with Crippen LogP contribution in [0.3, 0.4) is 0 Å². The highest BCUT2D eigenvalue weighted by Crippen LogP contribution is 2.62. The van der Waals surface area contributed by atoms with Crippen molar-refractivity contribution in [1.82, 2.24) is 4.90 Å². The zero-order chi connectivity index (χ0) is 41.8. The van der Waals surface area contributed by atoms with E-state index in [2.05, 4.69) is 38.6 Å². The van der Waals surface area contributed by atoms with Crippen LogP contribution in [0.1, 0.15) is 80.0 Å². The van der Waals surface area contributed by atoms with Gasteiger partial charge in [0.1, 0.15) is 36.5 Å². The van der Waals surface area contributed by atoms with E-state index in [-0.39, 0.29) is 57.2 Å². The van der Waals surface area contributed by atoms with Crippen LogP contribution in [-0.2, 0) is 25.7 Å². The molecular weight excluding hydrogens is 749 g/mol. The lowest BCUT2D eigenvalue weighted by molar-refractivity contribution is -0.253. The third kappa shape index (κ3) is 10.2. The fourth-order valence-corrected chi connectivity index (χ4v) is 9.03. The Morgan fingerprint density at radius 1 is 0.966 bits per heavy atom. The van der Waals surface area contributed by atoms with Crippen LogP contribution in [0.2, 0.25) is 0 Å². The topological polar surface area (TPSA) is 129 Å². The number of aliphatic hydroxyl groups excluding tert-OH is 2. The van der Waals surface area contributed by atoms with Crippen molar-refractivity contribution >= 4 is 11.8 Å². The van der Waals surface area contributed by atoms with Gasteiger partial charge in [-0.1, -0.05) is 66.5 Å². The summed E-state index contributed by atoms with van der Waals surface area (Å²) >= 11 is 0. The van der Waals surface area contributed by atoms with Crippen molar-refractivity contribution in [3.63, 3.8) is 0 Å². The Kier molecular flexibility index (Phi) is 15.6. The lowest BCUT2D eigenvalue weighted by Gasteiger charge is -2.59. The number of likely N-dealkylation sites (N-methyl/N-ethyl adjacent to an activating group) is 1. The maximum absolute atomic E-state index is 14.1. The van der Waals surface area contributed by atoms with Crippen LogP contribution in [0.25, 0.3) is 0 Å². The van der Waals surface area contributed by atoms with E-state index in [4.69, 9.17) is 33.7 Å². The molecule has 3 aromatic rings. The molecule has 3 aromatic carbocycles. The van der Waals surface area contributed by atoms with Crippen molar-refractivity contribution in [2.45, 2.75) is 90.1 Å². The number of benzene rings is 3. The summed E-state index contributed by atoms with van der Waals surface area (Å²) in [5.41, 5.74) is 6.05. The monoisotopic (exact) mass is 810 g/mol. The van der Waals surface area contributed by atoms with Crippen LogP contribution in [0, 0.1) is 31.6 Å². The van der Waals surface area contributed by atoms with E-state index in [0.29, 0.717) is 37.6 Å². The van der Waals surface area contributed by atoms with Crippen LogP contribution in [0.4, 0.5) is 4.79 Å². The summed E-state index contributed by atoms with van der Waals surface area (Å²) in [7, 11) is 1.72. The Hall–Kier alpha value is -4.68. The van der Waals surface area contributed by atoms with Crippen molar-refractivity contribution in [2.75, 3.05) is 46.7 Å². The number of nitrogens with zero attached hydrogens (tertiary/aromatic N) is 2. The van der Waals surface area contributed by atoms with Gasteiger partial charge in [-0.05, 0) is 111 Å². The molecule has 0 saturated heterocycles. The molecule has 0 spiro atoms. The van der Waals surface area contributed by atoms with Crippen LogP contribution in [0.5, 0.6) is 17.2 Å². The van der Waals surface area contributed by atoms with Gasteiger partial charge in [0.05, 0.1) is 31.5 Å². The fourth-order valence-electron chi connectivity index (χ4n) is 9.03. The Balaban J connectivity index is 1.43. The van der Waals surface area contributed by atoms with Gasteiger partial charge in [0, 0.05) is 38.2 Å². The smallest absolute Gasteiger partial charge is 0.410 e. The number of hydrogen-bond donors (Lipinski definition) is 2. The lowest BCUT2D eigenvalue weighted by atomic mass is 9.55. The Bertz CT molecular complexity index is 1920. The number of allylic oxidation sites excluding steroid dienone is 1. The first-order valence-corrected chi connectivity index (χ1v) is 21.2. The Morgan fingerprint density at radius 3 is 2.44 bits per heavy atom. The molecule has 11 nitrogen and oxygen atoms in total. The summed E-state index contributed by atoms with van der Waals surface area (Å²) in [5.74, 6) is 0.310. The molecule has 59 heavy (non-hydrogen) atoms. The predicted octanol–water partition coefficient (Wildman–Crippen LogP) is 9.03. The molecule has 11 heteroatoms. The second-order valence-corrected chi connectivity index (χ2v) is 15.8. The minimum absolute atomic E-state index is 0.0652. The van der Waals surface area contributed by atoms with Gasteiger partial charge in [-0.2, -0.15) is 0 Å². The number of amides is 1. The van der Waals surface area contributed by atoms with Gasteiger partial charge >= 0.3 is 6.09 Å². The van der Waals surface area contributed by atoms with Gasteiger partial charge < -0.3 is 43.6 Å². The number of carbonyl (C=O) groups is 1. The first kappa shape index (κ1) is 43.9. The molecule has 318 valence electrons. The van der Waals surface area contributed by atoms with Crippen molar-refractivity contribution in [3.05, 3.63) is 113 Å². The quantitative estimate of drug-likeness (QED) is 0.0616. The first-order chi connectivity index (χ1) is 28.7. The molecule has 6 rings (SSSR count).